The molecule has 6 heterocycles. The zero-order chi connectivity index (χ0) is 45.0. The van der Waals surface area contributed by atoms with Gasteiger partial charge in [0, 0.05) is 93.6 Å². The summed E-state index contributed by atoms with van der Waals surface area (Å²) in [4.78, 5) is 80.0. The highest BCUT2D eigenvalue weighted by molar-refractivity contribution is 6.06. The number of benzene rings is 2. The molecule has 1 aromatic heterocycles. The number of anilines is 5. The number of nitrogens with one attached hydrogen (secondary N) is 3. The molecular formula is C42H49F4N11O6. The first-order chi connectivity index (χ1) is 29.9. The highest BCUT2D eigenvalue weighted by Crippen LogP contribution is 2.39. The highest BCUT2D eigenvalue weighted by Gasteiger charge is 2.49. The average Bonchev–Trinajstić information content (AvgIpc) is 3.55. The van der Waals surface area contributed by atoms with Gasteiger partial charge < -0.3 is 29.7 Å². The molecule has 3 N–H and O–H groups in total. The molecule has 5 aliphatic rings. The first-order valence-electron chi connectivity index (χ1n) is 20.9. The number of amides is 5. The van der Waals surface area contributed by atoms with E-state index in [1.54, 1.807) is 26.0 Å². The zero-order valence-electron chi connectivity index (χ0n) is 35.3. The Kier molecular flexibility index (Phi) is 11.7. The number of nitrogens with zero attached hydrogens (tertiary/aromatic N) is 8. The lowest BCUT2D eigenvalue weighted by atomic mass is 9.92. The van der Waals surface area contributed by atoms with E-state index in [1.807, 2.05) is 11.0 Å². The number of halogens is 4. The minimum atomic E-state index is -3.65. The molecule has 8 rings (SSSR count). The van der Waals surface area contributed by atoms with Gasteiger partial charge in [-0.15, -0.1) is 0 Å². The molecule has 5 aliphatic heterocycles. The normalized spacial score (nSPS) is 22.7. The third-order valence-corrected chi connectivity index (χ3v) is 12.5. The van der Waals surface area contributed by atoms with Gasteiger partial charge in [-0.25, -0.2) is 18.8 Å². The molecule has 0 radical (unpaired) electrons. The maximum atomic E-state index is 15.7. The Morgan fingerprint density at radius 3 is 2.44 bits per heavy atom. The first-order valence-corrected chi connectivity index (χ1v) is 20.9. The molecule has 3 saturated heterocycles. The first kappa shape index (κ1) is 43.6. The van der Waals surface area contributed by atoms with E-state index in [4.69, 9.17) is 4.74 Å². The fraction of sp³-hybridized carbons (Fsp3) is 0.500. The van der Waals surface area contributed by atoms with Crippen molar-refractivity contribution >= 4 is 58.4 Å². The van der Waals surface area contributed by atoms with Gasteiger partial charge in [-0.05, 0) is 57.0 Å². The Balaban J connectivity index is 0.851. The SMILES string of the molecule is COc1cc(C(=O)NN2CCC(CN3CCN(c4cccc5c4CN(C4CCC(=O)NC4=O)C5=O)CC3)C(F)(F)C2)ccc1Nc1ncc2c(n1)N(C(C)C)CC(F)(F)C(=O)N2C. The van der Waals surface area contributed by atoms with E-state index in [0.717, 1.165) is 16.2 Å². The number of methoxy groups -OCH3 is 1. The van der Waals surface area contributed by atoms with Gasteiger partial charge in [0.15, 0.2) is 5.82 Å². The van der Waals surface area contributed by atoms with Crippen LogP contribution >= 0.6 is 0 Å². The number of hydrazine groups is 1. The maximum absolute atomic E-state index is 15.7. The number of aromatic nitrogens is 2. The lowest BCUT2D eigenvalue weighted by Crippen LogP contribution is -2.58. The molecule has 2 atom stereocenters. The Labute approximate surface area is 360 Å². The number of piperidine rings is 2. The summed E-state index contributed by atoms with van der Waals surface area (Å²) in [6, 6.07) is 8.74. The largest absolute Gasteiger partial charge is 0.495 e. The number of hydrogen-bond acceptors (Lipinski definition) is 13. The number of alkyl halides is 4. The number of carbonyl (C=O) groups excluding carboxylic acids is 5. The van der Waals surface area contributed by atoms with E-state index in [1.165, 1.54) is 53.4 Å². The molecule has 0 saturated carbocycles. The smallest absolute Gasteiger partial charge is 0.342 e. The third-order valence-electron chi connectivity index (χ3n) is 12.5. The number of piperazine rings is 1. The van der Waals surface area contributed by atoms with Gasteiger partial charge in [-0.3, -0.25) is 39.6 Å². The van der Waals surface area contributed by atoms with Crippen molar-refractivity contribution in [2.75, 3.05) is 86.5 Å². The molecule has 2 aromatic carbocycles. The Morgan fingerprint density at radius 2 is 1.75 bits per heavy atom. The van der Waals surface area contributed by atoms with Crippen molar-refractivity contribution in [1.29, 1.82) is 0 Å². The molecule has 21 heteroatoms. The topological polar surface area (TPSA) is 176 Å². The number of carbonyl (C=O) groups is 5. The number of imide groups is 1. The molecule has 0 aliphatic carbocycles. The number of ether oxygens (including phenoxy) is 1. The van der Waals surface area contributed by atoms with Crippen molar-refractivity contribution < 1.29 is 46.3 Å². The minimum Gasteiger partial charge on any atom is -0.495 e. The van der Waals surface area contributed by atoms with Crippen molar-refractivity contribution in [3.63, 3.8) is 0 Å². The van der Waals surface area contributed by atoms with Crippen LogP contribution < -0.4 is 35.5 Å². The van der Waals surface area contributed by atoms with Crippen LogP contribution in [0.1, 0.15) is 59.4 Å². The number of rotatable bonds is 10. The van der Waals surface area contributed by atoms with E-state index in [9.17, 15) is 32.8 Å². The number of fused-ring (bicyclic) bond motifs is 2. The monoisotopic (exact) mass is 879 g/mol. The van der Waals surface area contributed by atoms with E-state index < -0.39 is 60.7 Å². The number of hydrogen-bond donors (Lipinski definition) is 3. The van der Waals surface area contributed by atoms with Crippen LogP contribution in [0.4, 0.5) is 46.4 Å². The van der Waals surface area contributed by atoms with Gasteiger partial charge in [0.1, 0.15) is 17.5 Å². The Hall–Kier alpha value is -6.09. The highest BCUT2D eigenvalue weighted by atomic mass is 19.3. The quantitative estimate of drug-likeness (QED) is 0.200. The third kappa shape index (κ3) is 8.54. The maximum Gasteiger partial charge on any atom is 0.342 e. The summed E-state index contributed by atoms with van der Waals surface area (Å²) in [5.74, 6) is -10.4. The summed E-state index contributed by atoms with van der Waals surface area (Å²) >= 11 is 0. The molecule has 5 amide bonds. The van der Waals surface area contributed by atoms with E-state index in [0.29, 0.717) is 37.4 Å². The molecular weight excluding hydrogens is 831 g/mol. The summed E-state index contributed by atoms with van der Waals surface area (Å²) in [5, 5.41) is 6.53. The lowest BCUT2D eigenvalue weighted by Gasteiger charge is -2.42. The predicted molar refractivity (Wildman–Crippen MR) is 222 cm³/mol. The second-order valence-corrected chi connectivity index (χ2v) is 16.8. The van der Waals surface area contributed by atoms with Crippen LogP contribution in [0, 0.1) is 5.92 Å². The summed E-state index contributed by atoms with van der Waals surface area (Å²) in [7, 11) is 2.62. The molecule has 63 heavy (non-hydrogen) atoms. The van der Waals surface area contributed by atoms with Crippen LogP contribution in [0.5, 0.6) is 5.75 Å². The molecule has 2 unspecified atom stereocenters. The predicted octanol–water partition coefficient (Wildman–Crippen LogP) is 3.24. The Bertz CT molecular complexity index is 2330. The second kappa shape index (κ2) is 16.9. The van der Waals surface area contributed by atoms with E-state index in [-0.39, 0.29) is 79.5 Å². The summed E-state index contributed by atoms with van der Waals surface area (Å²) in [5.41, 5.74) is 5.39. The van der Waals surface area contributed by atoms with Gasteiger partial charge in [-0.2, -0.15) is 13.8 Å². The summed E-state index contributed by atoms with van der Waals surface area (Å²) < 4.78 is 66.5. The van der Waals surface area contributed by atoms with Crippen LogP contribution in [0.2, 0.25) is 0 Å². The summed E-state index contributed by atoms with van der Waals surface area (Å²) in [6.07, 6.45) is 1.85. The lowest BCUT2D eigenvalue weighted by molar-refractivity contribution is -0.140. The standard InChI is InChI=1S/C42H49F4N11O6/c1-24(2)57-23-42(45,46)39(62)52(3)32-19-47-40(50-35(32)57)48-29-9-8-25(18-33(29)63-4)36(59)51-55-13-12-26(41(43,44)22-55)20-53-14-16-54(17-15-53)30-7-5-6-27-28(30)21-56(38(27)61)31-10-11-34(58)49-37(31)60/h5-9,18-19,24,26,31H,10-17,20-23H2,1-4H3,(H,51,59)(H,47,48,50)(H,49,58,60). The summed E-state index contributed by atoms with van der Waals surface area (Å²) in [6.45, 7) is 4.65. The van der Waals surface area contributed by atoms with Gasteiger partial charge >= 0.3 is 5.92 Å². The van der Waals surface area contributed by atoms with Gasteiger partial charge in [0.2, 0.25) is 17.8 Å². The molecule has 17 nitrogen and oxygen atoms in total. The zero-order valence-corrected chi connectivity index (χ0v) is 35.3. The van der Waals surface area contributed by atoms with Crippen molar-refractivity contribution in [3.05, 3.63) is 59.3 Å². The van der Waals surface area contributed by atoms with Crippen LogP contribution in [0.3, 0.4) is 0 Å². The van der Waals surface area contributed by atoms with Gasteiger partial charge in [-0.1, -0.05) is 6.07 Å². The van der Waals surface area contributed by atoms with Crippen LogP contribution in [0.15, 0.2) is 42.6 Å². The fourth-order valence-corrected chi connectivity index (χ4v) is 8.93. The van der Waals surface area contributed by atoms with Crippen molar-refractivity contribution in [2.24, 2.45) is 5.92 Å². The molecule has 3 fully saturated rings. The average molecular weight is 880 g/mol. The van der Waals surface area contributed by atoms with Gasteiger partial charge in [0.05, 0.1) is 32.1 Å². The van der Waals surface area contributed by atoms with Crippen molar-refractivity contribution in [2.45, 2.75) is 63.6 Å². The molecule has 336 valence electrons. The minimum absolute atomic E-state index is 0.0186. The van der Waals surface area contributed by atoms with Crippen molar-refractivity contribution in [3.8, 4) is 5.75 Å². The van der Waals surface area contributed by atoms with Crippen LogP contribution in [-0.4, -0.2) is 145 Å². The van der Waals surface area contributed by atoms with Gasteiger partial charge in [0.25, 0.3) is 23.6 Å². The molecule has 0 spiro atoms. The van der Waals surface area contributed by atoms with Crippen LogP contribution in [-0.2, 0) is 20.9 Å². The molecule has 3 aromatic rings. The molecule has 0 bridgehead atoms. The Morgan fingerprint density at radius 1 is 0.984 bits per heavy atom. The van der Waals surface area contributed by atoms with Crippen LogP contribution in [0.25, 0.3) is 0 Å². The van der Waals surface area contributed by atoms with Crippen molar-refractivity contribution in [1.82, 2.24) is 35.5 Å². The van der Waals surface area contributed by atoms with E-state index in [2.05, 4.69) is 30.9 Å². The van der Waals surface area contributed by atoms with E-state index >= 15 is 8.78 Å². The second-order valence-electron chi connectivity index (χ2n) is 16.8. The fourth-order valence-electron chi connectivity index (χ4n) is 8.93.